The number of ether oxygens (including phenoxy) is 1. The Balaban J connectivity index is 2.62. The van der Waals surface area contributed by atoms with Crippen molar-refractivity contribution in [1.29, 1.82) is 0 Å². The third-order valence-corrected chi connectivity index (χ3v) is 2.79. The monoisotopic (exact) mass is 241 g/mol. The van der Waals surface area contributed by atoms with Crippen LogP contribution < -0.4 is 5.32 Å². The number of alkyl halides is 3. The highest BCUT2D eigenvalue weighted by Crippen LogP contribution is 2.29. The molecule has 1 fully saturated rings. The Morgan fingerprint density at radius 1 is 1.31 bits per heavy atom. The first-order chi connectivity index (χ1) is 7.26. The second-order valence-corrected chi connectivity index (χ2v) is 4.57. The third-order valence-electron chi connectivity index (χ3n) is 2.79. The summed E-state index contributed by atoms with van der Waals surface area (Å²) in [4.78, 5) is 0. The van der Waals surface area contributed by atoms with Crippen LogP contribution in [0.3, 0.4) is 0 Å². The summed E-state index contributed by atoms with van der Waals surface area (Å²) >= 11 is 0. The predicted molar refractivity (Wildman–Crippen MR) is 53.1 cm³/mol. The van der Waals surface area contributed by atoms with E-state index < -0.39 is 18.3 Å². The molecular weight excluding hydrogens is 223 g/mol. The minimum atomic E-state index is -4.26. The zero-order chi connectivity index (χ0) is 12.4. The van der Waals surface area contributed by atoms with Crippen molar-refractivity contribution in [2.75, 3.05) is 13.2 Å². The van der Waals surface area contributed by atoms with Gasteiger partial charge in [-0.05, 0) is 26.7 Å². The molecule has 1 aliphatic heterocycles. The lowest BCUT2D eigenvalue weighted by molar-refractivity contribution is -0.140. The van der Waals surface area contributed by atoms with E-state index in [0.29, 0.717) is 12.8 Å². The lowest BCUT2D eigenvalue weighted by Gasteiger charge is -2.42. The van der Waals surface area contributed by atoms with Gasteiger partial charge in [-0.15, -0.1) is 0 Å². The average molecular weight is 241 g/mol. The fraction of sp³-hybridized carbons (Fsp3) is 1.00. The molecule has 0 bridgehead atoms. The molecule has 0 saturated carbocycles. The Morgan fingerprint density at radius 3 is 2.19 bits per heavy atom. The molecule has 0 spiro atoms. The van der Waals surface area contributed by atoms with Crippen LogP contribution in [0, 0.1) is 0 Å². The maximum absolute atomic E-state index is 12.1. The van der Waals surface area contributed by atoms with Gasteiger partial charge in [-0.3, -0.25) is 0 Å². The molecule has 1 saturated heterocycles. The van der Waals surface area contributed by atoms with Crippen LogP contribution in [0.15, 0.2) is 0 Å². The topological polar surface area (TPSA) is 41.5 Å². The maximum Gasteiger partial charge on any atom is 0.401 e. The SMILES string of the molecule is CC1CC(CO)(NCC(F)(F)F)CC(C)O1. The van der Waals surface area contributed by atoms with Gasteiger partial charge in [0.25, 0.3) is 0 Å². The lowest BCUT2D eigenvalue weighted by Crippen LogP contribution is -2.57. The molecule has 1 aliphatic rings. The molecule has 2 unspecified atom stereocenters. The van der Waals surface area contributed by atoms with Crippen molar-refractivity contribution in [2.45, 2.75) is 50.6 Å². The number of hydrogen-bond acceptors (Lipinski definition) is 3. The molecule has 0 aliphatic carbocycles. The van der Waals surface area contributed by atoms with Crippen LogP contribution in [0.1, 0.15) is 26.7 Å². The Bertz CT molecular complexity index is 223. The van der Waals surface area contributed by atoms with Gasteiger partial charge in [0.05, 0.1) is 25.4 Å². The number of aliphatic hydroxyl groups excluding tert-OH is 1. The number of hydrogen-bond donors (Lipinski definition) is 2. The first-order valence-corrected chi connectivity index (χ1v) is 5.34. The molecule has 16 heavy (non-hydrogen) atoms. The molecule has 0 aromatic heterocycles. The van der Waals surface area contributed by atoms with E-state index in [1.807, 2.05) is 0 Å². The van der Waals surface area contributed by atoms with E-state index in [4.69, 9.17) is 4.74 Å². The number of rotatable bonds is 3. The van der Waals surface area contributed by atoms with Crippen LogP contribution in [0.2, 0.25) is 0 Å². The van der Waals surface area contributed by atoms with Gasteiger partial charge in [-0.1, -0.05) is 0 Å². The molecule has 0 amide bonds. The van der Waals surface area contributed by atoms with Gasteiger partial charge in [0.15, 0.2) is 0 Å². The van der Waals surface area contributed by atoms with Gasteiger partial charge in [-0.2, -0.15) is 13.2 Å². The van der Waals surface area contributed by atoms with Gasteiger partial charge < -0.3 is 15.2 Å². The summed E-state index contributed by atoms with van der Waals surface area (Å²) in [6.07, 6.45) is -3.76. The van der Waals surface area contributed by atoms with E-state index in [-0.39, 0.29) is 18.8 Å². The first-order valence-electron chi connectivity index (χ1n) is 5.34. The van der Waals surface area contributed by atoms with Crippen LogP contribution in [-0.4, -0.2) is 42.2 Å². The molecule has 0 aromatic rings. The van der Waals surface area contributed by atoms with Crippen molar-refractivity contribution in [3.05, 3.63) is 0 Å². The Labute approximate surface area is 93.0 Å². The van der Waals surface area contributed by atoms with Crippen molar-refractivity contribution in [2.24, 2.45) is 0 Å². The van der Waals surface area contributed by atoms with Gasteiger partial charge in [0.1, 0.15) is 0 Å². The summed E-state index contributed by atoms with van der Waals surface area (Å²) in [5.41, 5.74) is -0.868. The maximum atomic E-state index is 12.1. The van der Waals surface area contributed by atoms with Gasteiger partial charge in [0.2, 0.25) is 0 Å². The van der Waals surface area contributed by atoms with E-state index >= 15 is 0 Å². The molecule has 1 heterocycles. The quantitative estimate of drug-likeness (QED) is 0.786. The van der Waals surface area contributed by atoms with E-state index in [1.165, 1.54) is 0 Å². The highest BCUT2D eigenvalue weighted by Gasteiger charge is 2.40. The van der Waals surface area contributed by atoms with E-state index in [1.54, 1.807) is 13.8 Å². The van der Waals surface area contributed by atoms with Gasteiger partial charge in [0, 0.05) is 5.54 Å². The summed E-state index contributed by atoms with van der Waals surface area (Å²) in [5.74, 6) is 0. The predicted octanol–water partition coefficient (Wildman–Crippen LogP) is 1.46. The minimum Gasteiger partial charge on any atom is -0.394 e. The highest BCUT2D eigenvalue weighted by atomic mass is 19.4. The third kappa shape index (κ3) is 3.92. The van der Waals surface area contributed by atoms with Gasteiger partial charge >= 0.3 is 6.18 Å². The standard InChI is InChI=1S/C10H18F3NO2/c1-7-3-9(6-15,4-8(2)16-7)14-5-10(11,12)13/h7-8,14-15H,3-6H2,1-2H3. The number of halogens is 3. The summed E-state index contributed by atoms with van der Waals surface area (Å²) < 4.78 is 41.9. The second kappa shape index (κ2) is 4.89. The Morgan fingerprint density at radius 2 is 1.81 bits per heavy atom. The van der Waals surface area contributed by atoms with Crippen LogP contribution in [0.5, 0.6) is 0 Å². The molecule has 96 valence electrons. The van der Waals surface area contributed by atoms with Crippen LogP contribution in [-0.2, 0) is 4.74 Å². The van der Waals surface area contributed by atoms with Gasteiger partial charge in [-0.25, -0.2) is 0 Å². The average Bonchev–Trinajstić information content (AvgIpc) is 2.12. The number of nitrogens with one attached hydrogen (secondary N) is 1. The van der Waals surface area contributed by atoms with Crippen LogP contribution in [0.25, 0.3) is 0 Å². The highest BCUT2D eigenvalue weighted by molar-refractivity contribution is 4.94. The van der Waals surface area contributed by atoms with Crippen molar-refractivity contribution < 1.29 is 23.0 Å². The summed E-state index contributed by atoms with van der Waals surface area (Å²) in [5, 5.41) is 11.7. The van der Waals surface area contributed by atoms with Crippen LogP contribution in [0.4, 0.5) is 13.2 Å². The Kier molecular flexibility index (Phi) is 4.20. The molecule has 6 heteroatoms. The molecular formula is C10H18F3NO2. The largest absolute Gasteiger partial charge is 0.401 e. The molecule has 2 N–H and O–H groups in total. The fourth-order valence-electron chi connectivity index (χ4n) is 2.29. The molecule has 2 atom stereocenters. The summed E-state index contributed by atoms with van der Waals surface area (Å²) in [7, 11) is 0. The fourth-order valence-corrected chi connectivity index (χ4v) is 2.29. The smallest absolute Gasteiger partial charge is 0.394 e. The van der Waals surface area contributed by atoms with Crippen molar-refractivity contribution in [3.63, 3.8) is 0 Å². The molecule has 0 radical (unpaired) electrons. The molecule has 3 nitrogen and oxygen atoms in total. The zero-order valence-corrected chi connectivity index (χ0v) is 9.47. The normalized spacial score (nSPS) is 36.4. The van der Waals surface area contributed by atoms with E-state index in [2.05, 4.69) is 5.32 Å². The van der Waals surface area contributed by atoms with Crippen molar-refractivity contribution in [3.8, 4) is 0 Å². The van der Waals surface area contributed by atoms with Crippen LogP contribution >= 0.6 is 0 Å². The van der Waals surface area contributed by atoms with E-state index in [0.717, 1.165) is 0 Å². The minimum absolute atomic E-state index is 0.142. The number of aliphatic hydroxyl groups is 1. The Hall–Kier alpha value is -0.330. The first kappa shape index (κ1) is 13.7. The van der Waals surface area contributed by atoms with E-state index in [9.17, 15) is 18.3 Å². The lowest BCUT2D eigenvalue weighted by atomic mass is 9.85. The van der Waals surface area contributed by atoms with Crippen molar-refractivity contribution in [1.82, 2.24) is 5.32 Å². The molecule has 1 rings (SSSR count). The van der Waals surface area contributed by atoms with Crippen molar-refractivity contribution >= 4 is 0 Å². The summed E-state index contributed by atoms with van der Waals surface area (Å²) in [6.45, 7) is 2.22. The zero-order valence-electron chi connectivity index (χ0n) is 9.47. The second-order valence-electron chi connectivity index (χ2n) is 4.57. The summed E-state index contributed by atoms with van der Waals surface area (Å²) in [6, 6.07) is 0. The molecule has 0 aromatic carbocycles.